The van der Waals surface area contributed by atoms with Crippen LogP contribution in [0.2, 0.25) is 0 Å². The minimum absolute atomic E-state index is 0.0533. The van der Waals surface area contributed by atoms with Crippen LogP contribution >= 0.6 is 0 Å². The van der Waals surface area contributed by atoms with E-state index in [0.717, 1.165) is 5.56 Å². The number of carbonyl (C=O) groups excluding carboxylic acids is 1. The van der Waals surface area contributed by atoms with Gasteiger partial charge in [0.15, 0.2) is 15.8 Å². The molecular weight excluding hydrogens is 383 g/mol. The average Bonchev–Trinajstić information content (AvgIpc) is 2.61. The van der Waals surface area contributed by atoms with Gasteiger partial charge in [-0.1, -0.05) is 18.2 Å². The molecule has 0 saturated carbocycles. The highest BCUT2D eigenvalue weighted by Gasteiger charge is 2.11. The Morgan fingerprint density at radius 1 is 1.14 bits per heavy atom. The Balaban J connectivity index is 1.87. The molecule has 1 amide bonds. The highest BCUT2D eigenvalue weighted by atomic mass is 32.2. The van der Waals surface area contributed by atoms with Gasteiger partial charge >= 0.3 is 0 Å². The summed E-state index contributed by atoms with van der Waals surface area (Å²) in [6.45, 7) is 2.09. The number of anilines is 1. The molecule has 2 rings (SSSR count). The average molecular weight is 406 g/mol. The molecule has 0 atom stereocenters. The number of benzene rings is 2. The van der Waals surface area contributed by atoms with E-state index < -0.39 is 15.7 Å². The molecule has 2 aromatic carbocycles. The second kappa shape index (κ2) is 9.32. The van der Waals surface area contributed by atoms with E-state index in [4.69, 9.17) is 0 Å². The van der Waals surface area contributed by atoms with Crippen molar-refractivity contribution in [1.29, 1.82) is 0 Å². The molecule has 0 aliphatic carbocycles. The number of guanidine groups is 1. The lowest BCUT2D eigenvalue weighted by Gasteiger charge is -2.13. The third kappa shape index (κ3) is 6.34. The fourth-order valence-corrected chi connectivity index (χ4v) is 3.54. The van der Waals surface area contributed by atoms with E-state index >= 15 is 0 Å². The van der Waals surface area contributed by atoms with E-state index in [1.807, 2.05) is 0 Å². The first-order chi connectivity index (χ1) is 13.2. The van der Waals surface area contributed by atoms with Crippen LogP contribution in [0.25, 0.3) is 0 Å². The predicted molar refractivity (Wildman–Crippen MR) is 108 cm³/mol. The van der Waals surface area contributed by atoms with Crippen LogP contribution in [0, 0.1) is 12.7 Å². The normalized spacial score (nSPS) is 11.8. The lowest BCUT2D eigenvalue weighted by molar-refractivity contribution is -0.115. The summed E-state index contributed by atoms with van der Waals surface area (Å²) in [6.07, 6.45) is 1.17. The number of hydrogen-bond acceptors (Lipinski definition) is 4. The molecule has 9 heteroatoms. The molecule has 0 saturated heterocycles. The Morgan fingerprint density at radius 2 is 1.89 bits per heavy atom. The first-order valence-corrected chi connectivity index (χ1v) is 10.4. The van der Waals surface area contributed by atoms with Crippen molar-refractivity contribution in [2.75, 3.05) is 25.2 Å². The maximum Gasteiger partial charge on any atom is 0.243 e. The second-order valence-corrected chi connectivity index (χ2v) is 8.19. The van der Waals surface area contributed by atoms with Crippen LogP contribution in [0.4, 0.5) is 10.1 Å². The maximum absolute atomic E-state index is 13.1. The van der Waals surface area contributed by atoms with Crippen molar-refractivity contribution in [2.45, 2.75) is 18.4 Å². The largest absolute Gasteiger partial charge is 0.352 e. The molecule has 2 aromatic rings. The van der Waals surface area contributed by atoms with Gasteiger partial charge in [0.05, 0.1) is 11.4 Å². The maximum atomic E-state index is 13.1. The Labute approximate surface area is 164 Å². The molecule has 0 fully saturated rings. The zero-order chi connectivity index (χ0) is 20.7. The van der Waals surface area contributed by atoms with Crippen LogP contribution in [0.15, 0.2) is 52.4 Å². The fraction of sp³-hybridized carbons (Fsp3) is 0.263. The number of carbonyl (C=O) groups is 1. The number of aryl methyl sites for hydroxylation is 1. The summed E-state index contributed by atoms with van der Waals surface area (Å²) < 4.78 is 36.5. The number of nitrogens with zero attached hydrogens (tertiary/aromatic N) is 1. The lowest BCUT2D eigenvalue weighted by Crippen LogP contribution is -2.41. The minimum Gasteiger partial charge on any atom is -0.352 e. The molecule has 150 valence electrons. The van der Waals surface area contributed by atoms with Gasteiger partial charge in [-0.15, -0.1) is 0 Å². The third-order valence-corrected chi connectivity index (χ3v) is 5.10. The van der Waals surface area contributed by atoms with E-state index in [-0.39, 0.29) is 12.5 Å². The SMILES string of the molecule is CN=C(NCC(=O)Nc1cccc(F)c1)NCc1ccc(S(C)(=O)=O)c(C)c1. The summed E-state index contributed by atoms with van der Waals surface area (Å²) in [5, 5.41) is 8.49. The molecule has 7 nitrogen and oxygen atoms in total. The Morgan fingerprint density at radius 3 is 2.50 bits per heavy atom. The standard InChI is InChI=1S/C19H23FN4O3S/c1-13-9-14(7-8-17(13)28(3,26)27)11-22-19(21-2)23-12-18(25)24-16-6-4-5-15(20)10-16/h4-10H,11-12H2,1-3H3,(H,24,25)(H2,21,22,23). The second-order valence-electron chi connectivity index (χ2n) is 6.21. The zero-order valence-electron chi connectivity index (χ0n) is 15.9. The van der Waals surface area contributed by atoms with Crippen LogP contribution in [0.1, 0.15) is 11.1 Å². The van der Waals surface area contributed by atoms with Crippen molar-refractivity contribution in [2.24, 2.45) is 4.99 Å². The highest BCUT2D eigenvalue weighted by Crippen LogP contribution is 2.16. The quantitative estimate of drug-likeness (QED) is 0.502. The molecule has 0 aliphatic rings. The summed E-state index contributed by atoms with van der Waals surface area (Å²) in [6, 6.07) is 10.7. The van der Waals surface area contributed by atoms with Crippen LogP contribution < -0.4 is 16.0 Å². The van der Waals surface area contributed by atoms with Crippen molar-refractivity contribution < 1.29 is 17.6 Å². The molecule has 0 bridgehead atoms. The topological polar surface area (TPSA) is 99.7 Å². The van der Waals surface area contributed by atoms with E-state index in [0.29, 0.717) is 28.7 Å². The fourth-order valence-electron chi connectivity index (χ4n) is 2.58. The summed E-state index contributed by atoms with van der Waals surface area (Å²) in [7, 11) is -1.69. The van der Waals surface area contributed by atoms with Gasteiger partial charge in [-0.05, 0) is 42.3 Å². The van der Waals surface area contributed by atoms with Crippen molar-refractivity contribution in [1.82, 2.24) is 10.6 Å². The van der Waals surface area contributed by atoms with E-state index in [9.17, 15) is 17.6 Å². The van der Waals surface area contributed by atoms with Gasteiger partial charge in [0.1, 0.15) is 5.82 Å². The van der Waals surface area contributed by atoms with Gasteiger partial charge in [-0.3, -0.25) is 9.79 Å². The van der Waals surface area contributed by atoms with Crippen molar-refractivity contribution >= 4 is 27.4 Å². The van der Waals surface area contributed by atoms with Crippen LogP contribution in [-0.2, 0) is 21.2 Å². The first kappa shape index (κ1) is 21.4. The minimum atomic E-state index is -3.26. The number of amides is 1. The molecular formula is C19H23FN4O3S. The number of sulfone groups is 1. The van der Waals surface area contributed by atoms with Crippen LogP contribution in [-0.4, -0.2) is 40.1 Å². The number of halogens is 1. The molecule has 0 heterocycles. The molecule has 0 aliphatic heterocycles. The van der Waals surface area contributed by atoms with Gasteiger partial charge in [-0.2, -0.15) is 0 Å². The molecule has 0 unspecified atom stereocenters. The van der Waals surface area contributed by atoms with Crippen molar-refractivity contribution in [3.63, 3.8) is 0 Å². The van der Waals surface area contributed by atoms with Crippen LogP contribution in [0.5, 0.6) is 0 Å². The Kier molecular flexibility index (Phi) is 7.11. The van der Waals surface area contributed by atoms with Gasteiger partial charge in [0, 0.05) is 25.5 Å². The molecule has 28 heavy (non-hydrogen) atoms. The molecule has 0 spiro atoms. The van der Waals surface area contributed by atoms with Gasteiger partial charge in [0.25, 0.3) is 0 Å². The van der Waals surface area contributed by atoms with E-state index in [1.165, 1.54) is 24.5 Å². The Hall–Kier alpha value is -2.94. The highest BCUT2D eigenvalue weighted by molar-refractivity contribution is 7.90. The monoisotopic (exact) mass is 406 g/mol. The predicted octanol–water partition coefficient (Wildman–Crippen LogP) is 1.84. The summed E-state index contributed by atoms with van der Waals surface area (Å²) in [5.41, 5.74) is 1.91. The third-order valence-electron chi connectivity index (χ3n) is 3.85. The first-order valence-electron chi connectivity index (χ1n) is 8.48. The van der Waals surface area contributed by atoms with Gasteiger partial charge in [-0.25, -0.2) is 12.8 Å². The molecule has 0 aromatic heterocycles. The van der Waals surface area contributed by atoms with Crippen molar-refractivity contribution in [3.05, 3.63) is 59.4 Å². The van der Waals surface area contributed by atoms with E-state index in [2.05, 4.69) is 20.9 Å². The lowest BCUT2D eigenvalue weighted by atomic mass is 10.1. The van der Waals surface area contributed by atoms with Gasteiger partial charge < -0.3 is 16.0 Å². The zero-order valence-corrected chi connectivity index (χ0v) is 16.7. The number of rotatable bonds is 6. The van der Waals surface area contributed by atoms with Gasteiger partial charge in [0.2, 0.25) is 5.91 Å². The van der Waals surface area contributed by atoms with Crippen LogP contribution in [0.3, 0.4) is 0 Å². The number of hydrogen-bond donors (Lipinski definition) is 3. The summed E-state index contributed by atoms with van der Waals surface area (Å²) in [5.74, 6) is -0.374. The molecule has 3 N–H and O–H groups in total. The smallest absolute Gasteiger partial charge is 0.243 e. The number of nitrogens with one attached hydrogen (secondary N) is 3. The number of aliphatic imine (C=N–C) groups is 1. The summed E-state index contributed by atoms with van der Waals surface area (Å²) >= 11 is 0. The van der Waals surface area contributed by atoms with Crippen molar-refractivity contribution in [3.8, 4) is 0 Å². The summed E-state index contributed by atoms with van der Waals surface area (Å²) in [4.78, 5) is 16.3. The van der Waals surface area contributed by atoms with E-state index in [1.54, 1.807) is 38.2 Å². The molecule has 0 radical (unpaired) electrons. The Bertz CT molecular complexity index is 990.